The van der Waals surface area contributed by atoms with E-state index in [1.165, 1.54) is 24.3 Å². The Kier molecular flexibility index (Phi) is 9.28. The third-order valence-corrected chi connectivity index (χ3v) is 4.48. The highest BCUT2D eigenvalue weighted by Gasteiger charge is 2.09. The number of aryl methyl sites for hydroxylation is 1. The molecule has 2 N–H and O–H groups in total. The molecule has 2 amide bonds. The molecule has 0 aromatic heterocycles. The molecule has 0 unspecified atom stereocenters. The van der Waals surface area contributed by atoms with E-state index in [2.05, 4.69) is 17.2 Å². The number of benzene rings is 2. The Bertz CT molecular complexity index is 888. The quantitative estimate of drug-likeness (QED) is 0.416. The Morgan fingerprint density at radius 2 is 1.77 bits per heavy atom. The van der Waals surface area contributed by atoms with Crippen molar-refractivity contribution in [2.45, 2.75) is 19.3 Å². The summed E-state index contributed by atoms with van der Waals surface area (Å²) in [5, 5.41) is 5.34. The van der Waals surface area contributed by atoms with Gasteiger partial charge in [0.2, 0.25) is 5.91 Å². The third-order valence-electron chi connectivity index (χ3n) is 4.17. The maximum atomic E-state index is 13.3. The van der Waals surface area contributed by atoms with Crippen LogP contribution < -0.4 is 15.4 Å². The highest BCUT2D eigenvalue weighted by atomic mass is 35.5. The minimum atomic E-state index is -0.630. The summed E-state index contributed by atoms with van der Waals surface area (Å²) >= 11 is 5.58. The molecule has 2 rings (SSSR count). The van der Waals surface area contributed by atoms with E-state index in [0.29, 0.717) is 18.5 Å². The van der Waals surface area contributed by atoms with Crippen LogP contribution in [0.4, 0.5) is 8.78 Å². The summed E-state index contributed by atoms with van der Waals surface area (Å²) in [7, 11) is 0. The van der Waals surface area contributed by atoms with E-state index in [4.69, 9.17) is 16.3 Å². The van der Waals surface area contributed by atoms with E-state index in [1.807, 2.05) is 0 Å². The third kappa shape index (κ3) is 8.21. The minimum Gasteiger partial charge on any atom is -0.484 e. The largest absolute Gasteiger partial charge is 0.484 e. The maximum Gasteiger partial charge on any atom is 0.257 e. The lowest BCUT2D eigenvalue weighted by atomic mass is 10.1. The van der Waals surface area contributed by atoms with Crippen molar-refractivity contribution in [2.75, 3.05) is 19.7 Å². The normalized spacial score (nSPS) is 10.4. The zero-order valence-electron chi connectivity index (χ0n) is 16.3. The van der Waals surface area contributed by atoms with Crippen LogP contribution in [0.15, 0.2) is 54.6 Å². The number of carbonyl (C=O) groups excluding carboxylic acids is 2. The van der Waals surface area contributed by atoms with Crippen LogP contribution >= 0.6 is 11.6 Å². The molecule has 0 saturated heterocycles. The van der Waals surface area contributed by atoms with Crippen LogP contribution in [-0.2, 0) is 16.0 Å². The number of amides is 2. The highest BCUT2D eigenvalue weighted by molar-refractivity contribution is 6.30. The molecule has 5 nitrogen and oxygen atoms in total. The van der Waals surface area contributed by atoms with Gasteiger partial charge in [-0.15, -0.1) is 0 Å². The molecule has 0 radical (unpaired) electrons. The van der Waals surface area contributed by atoms with Crippen molar-refractivity contribution in [3.8, 4) is 5.75 Å². The molecular weight excluding hydrogens is 414 g/mol. The van der Waals surface area contributed by atoms with Crippen molar-refractivity contribution < 1.29 is 23.1 Å². The van der Waals surface area contributed by atoms with Gasteiger partial charge in [-0.05, 0) is 49.1 Å². The fourth-order valence-electron chi connectivity index (χ4n) is 2.50. The summed E-state index contributed by atoms with van der Waals surface area (Å²) in [5.74, 6) is -1.40. The van der Waals surface area contributed by atoms with Crippen LogP contribution in [0.3, 0.4) is 0 Å². The predicted octanol–water partition coefficient (Wildman–Crippen LogP) is 3.81. The van der Waals surface area contributed by atoms with E-state index in [0.717, 1.165) is 18.1 Å². The van der Waals surface area contributed by atoms with Crippen molar-refractivity contribution in [1.82, 2.24) is 10.6 Å². The Labute approximate surface area is 179 Å². The molecule has 160 valence electrons. The van der Waals surface area contributed by atoms with Gasteiger partial charge < -0.3 is 15.4 Å². The van der Waals surface area contributed by atoms with Crippen LogP contribution in [0, 0.1) is 11.6 Å². The Hall–Kier alpha value is -2.93. The fraction of sp³-hybridized carbons (Fsp3) is 0.273. The van der Waals surface area contributed by atoms with E-state index in [-0.39, 0.29) is 42.1 Å². The van der Waals surface area contributed by atoms with Crippen molar-refractivity contribution >= 4 is 23.4 Å². The Morgan fingerprint density at radius 3 is 2.47 bits per heavy atom. The van der Waals surface area contributed by atoms with Gasteiger partial charge in [0.05, 0.1) is 5.02 Å². The van der Waals surface area contributed by atoms with Gasteiger partial charge in [-0.2, -0.15) is 0 Å². The van der Waals surface area contributed by atoms with Gasteiger partial charge in [0.15, 0.2) is 6.61 Å². The van der Waals surface area contributed by atoms with E-state index >= 15 is 0 Å². The standard InChI is InChI=1S/C22H23ClF2N2O3/c1-15(22(29)27-11-2-3-16-4-6-17(24)7-5-16)10-12-26-21(28)14-30-18-8-9-19(23)20(25)13-18/h4-9,13H,1-3,10-12,14H2,(H,26,28)(H,27,29). The van der Waals surface area contributed by atoms with Crippen LogP contribution in [-0.4, -0.2) is 31.5 Å². The average Bonchev–Trinajstić information content (AvgIpc) is 2.73. The summed E-state index contributed by atoms with van der Waals surface area (Å²) < 4.78 is 31.3. The molecule has 8 heteroatoms. The van der Waals surface area contributed by atoms with Crippen LogP contribution in [0.5, 0.6) is 5.75 Å². The van der Waals surface area contributed by atoms with Gasteiger partial charge in [-0.3, -0.25) is 9.59 Å². The molecule has 0 atom stereocenters. The van der Waals surface area contributed by atoms with Gasteiger partial charge in [0, 0.05) is 24.7 Å². The second-order valence-corrected chi connectivity index (χ2v) is 6.96. The van der Waals surface area contributed by atoms with Crippen molar-refractivity contribution in [3.63, 3.8) is 0 Å². The monoisotopic (exact) mass is 436 g/mol. The van der Waals surface area contributed by atoms with Gasteiger partial charge >= 0.3 is 0 Å². The van der Waals surface area contributed by atoms with Crippen LogP contribution in [0.2, 0.25) is 5.02 Å². The molecule has 0 aliphatic carbocycles. The molecule has 2 aromatic rings. The lowest BCUT2D eigenvalue weighted by Crippen LogP contribution is -2.32. The fourth-order valence-corrected chi connectivity index (χ4v) is 2.62. The number of carbonyl (C=O) groups is 2. The lowest BCUT2D eigenvalue weighted by Gasteiger charge is -2.10. The van der Waals surface area contributed by atoms with Gasteiger partial charge in [-0.1, -0.05) is 30.3 Å². The Morgan fingerprint density at radius 1 is 1.03 bits per heavy atom. The molecule has 2 aromatic carbocycles. The van der Waals surface area contributed by atoms with Crippen LogP contribution in [0.1, 0.15) is 18.4 Å². The summed E-state index contributed by atoms with van der Waals surface area (Å²) in [6.45, 7) is 4.12. The van der Waals surface area contributed by atoms with Crippen molar-refractivity contribution in [2.24, 2.45) is 0 Å². The van der Waals surface area contributed by atoms with Crippen molar-refractivity contribution in [1.29, 1.82) is 0 Å². The van der Waals surface area contributed by atoms with Crippen molar-refractivity contribution in [3.05, 3.63) is 76.8 Å². The number of hydrogen-bond donors (Lipinski definition) is 2. The van der Waals surface area contributed by atoms with Gasteiger partial charge in [0.25, 0.3) is 5.91 Å². The molecular formula is C22H23ClF2N2O3. The second-order valence-electron chi connectivity index (χ2n) is 6.55. The van der Waals surface area contributed by atoms with Crippen LogP contribution in [0.25, 0.3) is 0 Å². The predicted molar refractivity (Wildman–Crippen MR) is 111 cm³/mol. The summed E-state index contributed by atoms with van der Waals surface area (Å²) in [4.78, 5) is 23.8. The first-order valence-corrected chi connectivity index (χ1v) is 9.78. The second kappa shape index (κ2) is 11.9. The molecule has 0 saturated carbocycles. The molecule has 0 aliphatic rings. The topological polar surface area (TPSA) is 67.4 Å². The smallest absolute Gasteiger partial charge is 0.257 e. The highest BCUT2D eigenvalue weighted by Crippen LogP contribution is 2.20. The molecule has 30 heavy (non-hydrogen) atoms. The van der Waals surface area contributed by atoms with E-state index in [9.17, 15) is 18.4 Å². The first-order valence-electron chi connectivity index (χ1n) is 9.40. The minimum absolute atomic E-state index is 0.0287. The molecule has 0 fully saturated rings. The first kappa shape index (κ1) is 23.3. The summed E-state index contributed by atoms with van der Waals surface area (Å²) in [6.07, 6.45) is 1.72. The molecule has 0 aliphatic heterocycles. The maximum absolute atomic E-state index is 13.3. The SMILES string of the molecule is C=C(CCNC(=O)COc1ccc(Cl)c(F)c1)C(=O)NCCCc1ccc(F)cc1. The molecule has 0 spiro atoms. The zero-order valence-corrected chi connectivity index (χ0v) is 17.1. The van der Waals surface area contributed by atoms with Gasteiger partial charge in [-0.25, -0.2) is 8.78 Å². The number of hydrogen-bond acceptors (Lipinski definition) is 3. The van der Waals surface area contributed by atoms with E-state index < -0.39 is 11.7 Å². The van der Waals surface area contributed by atoms with E-state index in [1.54, 1.807) is 12.1 Å². The molecule has 0 heterocycles. The number of halogens is 3. The number of rotatable bonds is 11. The molecule has 0 bridgehead atoms. The summed E-state index contributed by atoms with van der Waals surface area (Å²) in [5.41, 5.74) is 1.34. The zero-order chi connectivity index (χ0) is 21.9. The number of ether oxygens (including phenoxy) is 1. The summed E-state index contributed by atoms with van der Waals surface area (Å²) in [6, 6.07) is 10.1. The lowest BCUT2D eigenvalue weighted by molar-refractivity contribution is -0.123. The first-order chi connectivity index (χ1) is 14.3. The Balaban J connectivity index is 1.57. The number of nitrogens with one attached hydrogen (secondary N) is 2. The average molecular weight is 437 g/mol. The van der Waals surface area contributed by atoms with Gasteiger partial charge in [0.1, 0.15) is 17.4 Å².